The Labute approximate surface area is 191 Å². The molecule has 7 heteroatoms. The first-order chi connectivity index (χ1) is 15.9. The molecule has 2 aromatic carbocycles. The predicted molar refractivity (Wildman–Crippen MR) is 125 cm³/mol. The maximum Gasteiger partial charge on any atom is 0.336 e. The van der Waals surface area contributed by atoms with E-state index in [4.69, 9.17) is 4.42 Å². The fraction of sp³-hybridized carbons (Fsp3) is 0.308. The second-order valence-corrected chi connectivity index (χ2v) is 8.40. The summed E-state index contributed by atoms with van der Waals surface area (Å²) < 4.78 is 5.44. The van der Waals surface area contributed by atoms with E-state index in [1.54, 1.807) is 30.1 Å². The zero-order chi connectivity index (χ0) is 23.5. The van der Waals surface area contributed by atoms with E-state index in [9.17, 15) is 19.2 Å². The highest BCUT2D eigenvalue weighted by Gasteiger charge is 2.32. The van der Waals surface area contributed by atoms with Gasteiger partial charge >= 0.3 is 5.63 Å². The van der Waals surface area contributed by atoms with E-state index >= 15 is 0 Å². The second-order valence-electron chi connectivity index (χ2n) is 8.40. The van der Waals surface area contributed by atoms with Crippen molar-refractivity contribution in [3.63, 3.8) is 0 Å². The average molecular weight is 447 g/mol. The maximum absolute atomic E-state index is 13.2. The van der Waals surface area contributed by atoms with Crippen molar-refractivity contribution in [1.82, 2.24) is 10.2 Å². The molecular weight excluding hydrogens is 420 g/mol. The SMILES string of the molecule is CNC(=O)C1CCCN(C(=O)C(C=O)c2ccc3c(-c4ccccc4C)cc(=O)oc3c2)C1. The van der Waals surface area contributed by atoms with Crippen LogP contribution in [0.4, 0.5) is 0 Å². The number of nitrogens with zero attached hydrogens (tertiary/aromatic N) is 1. The van der Waals surface area contributed by atoms with E-state index in [1.807, 2.05) is 31.2 Å². The quantitative estimate of drug-likeness (QED) is 0.369. The lowest BCUT2D eigenvalue weighted by Gasteiger charge is -2.33. The van der Waals surface area contributed by atoms with Gasteiger partial charge in [0.05, 0.1) is 5.92 Å². The first kappa shape index (κ1) is 22.5. The lowest BCUT2D eigenvalue weighted by atomic mass is 9.92. The van der Waals surface area contributed by atoms with Crippen LogP contribution in [0.3, 0.4) is 0 Å². The van der Waals surface area contributed by atoms with Crippen molar-refractivity contribution in [3.05, 3.63) is 70.1 Å². The molecule has 33 heavy (non-hydrogen) atoms. The van der Waals surface area contributed by atoms with Crippen molar-refractivity contribution in [2.45, 2.75) is 25.7 Å². The highest BCUT2D eigenvalue weighted by molar-refractivity contribution is 6.00. The van der Waals surface area contributed by atoms with Crippen molar-refractivity contribution in [2.24, 2.45) is 5.92 Å². The van der Waals surface area contributed by atoms with Crippen LogP contribution in [0.25, 0.3) is 22.1 Å². The second kappa shape index (κ2) is 9.40. The maximum atomic E-state index is 13.2. The number of aryl methyl sites for hydroxylation is 1. The van der Waals surface area contributed by atoms with Gasteiger partial charge in [0.1, 0.15) is 17.8 Å². The molecule has 1 N–H and O–H groups in total. The first-order valence-corrected chi connectivity index (χ1v) is 11.0. The number of amides is 2. The van der Waals surface area contributed by atoms with Crippen molar-refractivity contribution in [1.29, 1.82) is 0 Å². The topological polar surface area (TPSA) is 96.7 Å². The zero-order valence-corrected chi connectivity index (χ0v) is 18.7. The van der Waals surface area contributed by atoms with E-state index in [1.165, 1.54) is 6.07 Å². The molecule has 1 aliphatic heterocycles. The van der Waals surface area contributed by atoms with Gasteiger partial charge in [0.2, 0.25) is 11.8 Å². The monoisotopic (exact) mass is 446 g/mol. The summed E-state index contributed by atoms with van der Waals surface area (Å²) in [5.41, 5.74) is 2.94. The largest absolute Gasteiger partial charge is 0.423 e. The van der Waals surface area contributed by atoms with E-state index in [0.717, 1.165) is 22.1 Å². The highest BCUT2D eigenvalue weighted by Crippen LogP contribution is 2.32. The normalized spacial score (nSPS) is 16.9. The van der Waals surface area contributed by atoms with E-state index < -0.39 is 11.5 Å². The molecule has 1 fully saturated rings. The molecule has 170 valence electrons. The van der Waals surface area contributed by atoms with Gasteiger partial charge in [-0.1, -0.05) is 36.4 Å². The van der Waals surface area contributed by atoms with E-state index in [0.29, 0.717) is 36.8 Å². The number of likely N-dealkylation sites (tertiary alicyclic amines) is 1. The standard InChI is InChI=1S/C26H26N2O5/c1-16-6-3-4-8-19(16)21-13-24(30)33-23-12-17(9-10-20(21)23)22(15-29)26(32)28-11-5-7-18(14-28)25(31)27-2/h3-4,6,8-10,12-13,15,18,22H,5,7,11,14H2,1-2H3,(H,27,31). The third-order valence-corrected chi connectivity index (χ3v) is 6.32. The number of carbonyl (C=O) groups excluding carboxylic acids is 3. The van der Waals surface area contributed by atoms with Crippen LogP contribution in [0.5, 0.6) is 0 Å². The molecule has 0 saturated carbocycles. The number of nitrogens with one attached hydrogen (secondary N) is 1. The van der Waals surface area contributed by atoms with Gasteiger partial charge < -0.3 is 19.4 Å². The van der Waals surface area contributed by atoms with Crippen LogP contribution in [-0.4, -0.2) is 43.1 Å². The van der Waals surface area contributed by atoms with Gasteiger partial charge in [-0.2, -0.15) is 0 Å². The van der Waals surface area contributed by atoms with Crippen molar-refractivity contribution >= 4 is 29.1 Å². The van der Waals surface area contributed by atoms with Gasteiger partial charge in [0.25, 0.3) is 0 Å². The Bertz CT molecular complexity index is 1280. The lowest BCUT2D eigenvalue weighted by molar-refractivity contribution is -0.138. The van der Waals surface area contributed by atoms with E-state index in [2.05, 4.69) is 5.32 Å². The van der Waals surface area contributed by atoms with Gasteiger partial charge in [-0.3, -0.25) is 9.59 Å². The van der Waals surface area contributed by atoms with Gasteiger partial charge in [-0.15, -0.1) is 0 Å². The molecule has 4 rings (SSSR count). The lowest BCUT2D eigenvalue weighted by Crippen LogP contribution is -2.46. The highest BCUT2D eigenvalue weighted by atomic mass is 16.4. The summed E-state index contributed by atoms with van der Waals surface area (Å²) in [6.07, 6.45) is 2.01. The summed E-state index contributed by atoms with van der Waals surface area (Å²) >= 11 is 0. The fourth-order valence-electron chi connectivity index (χ4n) is 4.54. The molecule has 1 aliphatic rings. The minimum Gasteiger partial charge on any atom is -0.423 e. The number of hydrogen-bond donors (Lipinski definition) is 1. The van der Waals surface area contributed by atoms with Crippen LogP contribution in [0.1, 0.15) is 29.9 Å². The molecule has 3 aromatic rings. The Kier molecular flexibility index (Phi) is 6.40. The van der Waals surface area contributed by atoms with Gasteiger partial charge in [-0.25, -0.2) is 4.79 Å². The summed E-state index contributed by atoms with van der Waals surface area (Å²) in [5, 5.41) is 3.35. The number of hydrogen-bond acceptors (Lipinski definition) is 5. The number of fused-ring (bicyclic) bond motifs is 1. The molecule has 2 heterocycles. The third kappa shape index (κ3) is 4.44. The first-order valence-electron chi connectivity index (χ1n) is 11.0. The van der Waals surface area contributed by atoms with Crippen LogP contribution in [0, 0.1) is 12.8 Å². The third-order valence-electron chi connectivity index (χ3n) is 6.32. The number of piperidine rings is 1. The molecule has 2 amide bonds. The molecule has 0 spiro atoms. The predicted octanol–water partition coefficient (Wildman–Crippen LogP) is 3.04. The van der Waals surface area contributed by atoms with Gasteiger partial charge in [0.15, 0.2) is 0 Å². The number of rotatable bonds is 5. The zero-order valence-electron chi connectivity index (χ0n) is 18.7. The summed E-state index contributed by atoms with van der Waals surface area (Å²) in [5.74, 6) is -1.78. The van der Waals surface area contributed by atoms with Gasteiger partial charge in [0, 0.05) is 37.2 Å². The van der Waals surface area contributed by atoms with Crippen LogP contribution in [0.2, 0.25) is 0 Å². The van der Waals surface area contributed by atoms with Crippen LogP contribution in [-0.2, 0) is 14.4 Å². The molecule has 7 nitrogen and oxygen atoms in total. The minimum absolute atomic E-state index is 0.105. The molecule has 0 bridgehead atoms. The van der Waals surface area contributed by atoms with Gasteiger partial charge in [-0.05, 0) is 42.5 Å². The van der Waals surface area contributed by atoms with E-state index in [-0.39, 0.29) is 24.3 Å². The molecule has 0 radical (unpaired) electrons. The van der Waals surface area contributed by atoms with Crippen molar-refractivity contribution in [3.8, 4) is 11.1 Å². The Morgan fingerprint density at radius 3 is 2.67 bits per heavy atom. The minimum atomic E-state index is -1.04. The summed E-state index contributed by atoms with van der Waals surface area (Å²) in [4.78, 5) is 51.1. The van der Waals surface area contributed by atoms with Crippen LogP contribution < -0.4 is 10.9 Å². The molecule has 0 aliphatic carbocycles. The smallest absolute Gasteiger partial charge is 0.336 e. The molecule has 1 aromatic heterocycles. The number of aldehydes is 1. The average Bonchev–Trinajstić information content (AvgIpc) is 2.83. The summed E-state index contributed by atoms with van der Waals surface area (Å²) in [6.45, 7) is 2.75. The van der Waals surface area contributed by atoms with Crippen LogP contribution in [0.15, 0.2) is 57.7 Å². The fourth-order valence-corrected chi connectivity index (χ4v) is 4.54. The Morgan fingerprint density at radius 2 is 1.94 bits per heavy atom. The molecule has 2 atom stereocenters. The Morgan fingerprint density at radius 1 is 1.15 bits per heavy atom. The van der Waals surface area contributed by atoms with Crippen LogP contribution >= 0.6 is 0 Å². The molecular formula is C26H26N2O5. The Hall–Kier alpha value is -3.74. The number of carbonyl (C=O) groups is 3. The molecule has 2 unspecified atom stereocenters. The summed E-state index contributed by atoms with van der Waals surface area (Å²) in [7, 11) is 1.57. The summed E-state index contributed by atoms with van der Waals surface area (Å²) in [6, 6.07) is 14.3. The van der Waals surface area contributed by atoms with Crippen molar-refractivity contribution in [2.75, 3.05) is 20.1 Å². The molecule has 1 saturated heterocycles. The Balaban J connectivity index is 1.69. The number of benzene rings is 2. The van der Waals surface area contributed by atoms with Crippen molar-refractivity contribution < 1.29 is 18.8 Å².